The summed E-state index contributed by atoms with van der Waals surface area (Å²) in [4.78, 5) is 38.2. The fourth-order valence-corrected chi connectivity index (χ4v) is 5.54. The Morgan fingerprint density at radius 3 is 1.81 bits per heavy atom. The fraction of sp³-hybridized carbons (Fsp3) is 0.897. The molecule has 0 bridgehead atoms. The lowest BCUT2D eigenvalue weighted by Crippen LogP contribution is -2.56. The average molecular weight is 526 g/mol. The van der Waals surface area contributed by atoms with Crippen LogP contribution in [0.5, 0.6) is 0 Å². The Hall–Kier alpha value is -1.08. The highest BCUT2D eigenvalue weighted by Crippen LogP contribution is 2.14. The number of nitrogens with one attached hydrogen (secondary N) is 2. The SMILES string of the molecule is CCCCCCCCCCN(CCCCCCCCCC)CCSC(=O)CC[C@@H]1NC(=O)CNC1=O. The smallest absolute Gasteiger partial charge is 0.243 e. The largest absolute Gasteiger partial charge is 0.345 e. The molecule has 0 aromatic rings. The molecule has 1 saturated heterocycles. The molecule has 0 radical (unpaired) electrons. The molecule has 0 aromatic heterocycles. The Bertz CT molecular complexity index is 568. The highest BCUT2D eigenvalue weighted by Gasteiger charge is 2.26. The van der Waals surface area contributed by atoms with Gasteiger partial charge >= 0.3 is 0 Å². The zero-order chi connectivity index (χ0) is 26.3. The molecule has 1 rings (SSSR count). The van der Waals surface area contributed by atoms with Crippen LogP contribution in [0, 0.1) is 0 Å². The van der Waals surface area contributed by atoms with Crippen LogP contribution >= 0.6 is 11.8 Å². The summed E-state index contributed by atoms with van der Waals surface area (Å²) < 4.78 is 0. The molecule has 1 fully saturated rings. The topological polar surface area (TPSA) is 78.5 Å². The van der Waals surface area contributed by atoms with Crippen molar-refractivity contribution in [3.05, 3.63) is 0 Å². The van der Waals surface area contributed by atoms with Crippen molar-refractivity contribution in [1.29, 1.82) is 0 Å². The van der Waals surface area contributed by atoms with E-state index in [2.05, 4.69) is 29.4 Å². The molecule has 0 saturated carbocycles. The van der Waals surface area contributed by atoms with E-state index >= 15 is 0 Å². The predicted octanol–water partition coefficient (Wildman–Crippen LogP) is 6.22. The molecule has 1 atom stereocenters. The molecule has 1 aliphatic heterocycles. The molecule has 36 heavy (non-hydrogen) atoms. The molecular formula is C29H55N3O3S. The van der Waals surface area contributed by atoms with E-state index in [1.165, 1.54) is 114 Å². The third-order valence-corrected chi connectivity index (χ3v) is 7.95. The first kappa shape index (κ1) is 32.9. The van der Waals surface area contributed by atoms with Gasteiger partial charge in [-0.05, 0) is 32.4 Å². The van der Waals surface area contributed by atoms with Crippen LogP contribution in [-0.2, 0) is 14.4 Å². The second-order valence-corrected chi connectivity index (χ2v) is 11.5. The molecule has 7 heteroatoms. The van der Waals surface area contributed by atoms with Gasteiger partial charge in [0.25, 0.3) is 0 Å². The zero-order valence-electron chi connectivity index (χ0n) is 23.4. The minimum Gasteiger partial charge on any atom is -0.345 e. The first-order chi connectivity index (χ1) is 17.6. The Kier molecular flexibility index (Phi) is 21.1. The Labute approximate surface area is 225 Å². The molecule has 2 amide bonds. The second-order valence-electron chi connectivity index (χ2n) is 10.4. The van der Waals surface area contributed by atoms with E-state index in [4.69, 9.17) is 0 Å². The van der Waals surface area contributed by atoms with E-state index in [-0.39, 0.29) is 23.5 Å². The van der Waals surface area contributed by atoms with Crippen molar-refractivity contribution < 1.29 is 14.4 Å². The molecule has 1 heterocycles. The summed E-state index contributed by atoms with van der Waals surface area (Å²) in [5.74, 6) is 0.433. The van der Waals surface area contributed by atoms with Crippen LogP contribution in [0.4, 0.5) is 0 Å². The lowest BCUT2D eigenvalue weighted by atomic mass is 10.1. The summed E-state index contributed by atoms with van der Waals surface area (Å²) in [6.07, 6.45) is 22.1. The van der Waals surface area contributed by atoms with E-state index in [1.54, 1.807) is 0 Å². The number of nitrogens with zero attached hydrogens (tertiary/aromatic N) is 1. The zero-order valence-corrected chi connectivity index (χ0v) is 24.2. The third-order valence-electron chi connectivity index (χ3n) is 7.04. The standard InChI is InChI=1S/C29H55N3O3S/c1-3-5-7-9-11-13-15-17-21-32(22-18-16-14-12-10-8-6-4-2)23-24-36-28(34)20-19-26-29(35)30-25-27(33)31-26/h26H,3-25H2,1-2H3,(H,30,35)(H,31,33)/t26-/m0/s1. The summed E-state index contributed by atoms with van der Waals surface area (Å²) in [7, 11) is 0. The van der Waals surface area contributed by atoms with Crippen molar-refractivity contribution >= 4 is 28.7 Å². The van der Waals surface area contributed by atoms with Crippen LogP contribution in [0.1, 0.15) is 129 Å². The number of hydrogen-bond acceptors (Lipinski definition) is 5. The monoisotopic (exact) mass is 525 g/mol. The molecule has 1 aliphatic rings. The minimum atomic E-state index is -0.573. The summed E-state index contributed by atoms with van der Waals surface area (Å²) in [6.45, 7) is 7.78. The number of carbonyl (C=O) groups excluding carboxylic acids is 3. The first-order valence-electron chi connectivity index (χ1n) is 15.0. The normalized spacial score (nSPS) is 15.8. The Morgan fingerprint density at radius 1 is 0.778 bits per heavy atom. The van der Waals surface area contributed by atoms with Gasteiger partial charge in [0.2, 0.25) is 11.8 Å². The Morgan fingerprint density at radius 2 is 1.28 bits per heavy atom. The van der Waals surface area contributed by atoms with Crippen molar-refractivity contribution in [2.24, 2.45) is 0 Å². The van der Waals surface area contributed by atoms with Crippen LogP contribution in [0.15, 0.2) is 0 Å². The maximum absolute atomic E-state index is 12.4. The maximum Gasteiger partial charge on any atom is 0.243 e. The second kappa shape index (κ2) is 23.1. The molecule has 0 spiro atoms. The first-order valence-corrected chi connectivity index (χ1v) is 16.0. The molecule has 2 N–H and O–H groups in total. The van der Waals surface area contributed by atoms with Crippen LogP contribution in [0.2, 0.25) is 0 Å². The van der Waals surface area contributed by atoms with Crippen LogP contribution in [0.25, 0.3) is 0 Å². The van der Waals surface area contributed by atoms with Gasteiger partial charge in [0.1, 0.15) is 6.04 Å². The number of hydrogen-bond donors (Lipinski definition) is 2. The fourth-order valence-electron chi connectivity index (χ4n) is 4.70. The number of piperazine rings is 1. The molecule has 0 unspecified atom stereocenters. The third kappa shape index (κ3) is 18.2. The van der Waals surface area contributed by atoms with Gasteiger partial charge in [0, 0.05) is 18.7 Å². The highest BCUT2D eigenvalue weighted by molar-refractivity contribution is 8.13. The number of carbonyl (C=O) groups is 3. The van der Waals surface area contributed by atoms with Gasteiger partial charge in [-0.15, -0.1) is 0 Å². The number of unbranched alkanes of at least 4 members (excludes halogenated alkanes) is 14. The van der Waals surface area contributed by atoms with Gasteiger partial charge in [0.15, 0.2) is 5.12 Å². The van der Waals surface area contributed by atoms with Crippen molar-refractivity contribution in [3.63, 3.8) is 0 Å². The van der Waals surface area contributed by atoms with Crippen molar-refractivity contribution in [2.75, 3.05) is 31.9 Å². The van der Waals surface area contributed by atoms with E-state index < -0.39 is 6.04 Å². The van der Waals surface area contributed by atoms with Gasteiger partial charge in [-0.1, -0.05) is 116 Å². The van der Waals surface area contributed by atoms with E-state index in [0.29, 0.717) is 12.8 Å². The summed E-state index contributed by atoms with van der Waals surface area (Å²) in [5, 5.41) is 5.35. The minimum absolute atomic E-state index is 0.0333. The number of thioether (sulfide) groups is 1. The summed E-state index contributed by atoms with van der Waals surface area (Å²) >= 11 is 1.38. The Balaban J connectivity index is 2.25. The number of rotatable bonds is 24. The highest BCUT2D eigenvalue weighted by atomic mass is 32.2. The number of amides is 2. The van der Waals surface area contributed by atoms with E-state index in [0.717, 1.165) is 25.4 Å². The van der Waals surface area contributed by atoms with Crippen LogP contribution in [-0.4, -0.2) is 59.8 Å². The van der Waals surface area contributed by atoms with Crippen molar-refractivity contribution in [2.45, 2.75) is 135 Å². The van der Waals surface area contributed by atoms with E-state index in [9.17, 15) is 14.4 Å². The molecule has 6 nitrogen and oxygen atoms in total. The van der Waals surface area contributed by atoms with E-state index in [1.807, 2.05) is 0 Å². The van der Waals surface area contributed by atoms with Crippen LogP contribution < -0.4 is 10.6 Å². The van der Waals surface area contributed by atoms with Gasteiger partial charge in [-0.3, -0.25) is 14.4 Å². The predicted molar refractivity (Wildman–Crippen MR) is 153 cm³/mol. The average Bonchev–Trinajstić information content (AvgIpc) is 2.87. The van der Waals surface area contributed by atoms with Crippen molar-refractivity contribution in [1.82, 2.24) is 15.5 Å². The van der Waals surface area contributed by atoms with Gasteiger partial charge in [-0.2, -0.15) is 0 Å². The molecule has 210 valence electrons. The summed E-state index contributed by atoms with van der Waals surface area (Å²) in [5.41, 5.74) is 0. The molecular weight excluding hydrogens is 470 g/mol. The summed E-state index contributed by atoms with van der Waals surface area (Å²) in [6, 6.07) is -0.573. The maximum atomic E-state index is 12.4. The van der Waals surface area contributed by atoms with Crippen molar-refractivity contribution in [3.8, 4) is 0 Å². The lowest BCUT2D eigenvalue weighted by Gasteiger charge is -2.23. The molecule has 0 aromatic carbocycles. The lowest BCUT2D eigenvalue weighted by molar-refractivity contribution is -0.134. The molecule has 0 aliphatic carbocycles. The van der Waals surface area contributed by atoms with Gasteiger partial charge in [-0.25, -0.2) is 0 Å². The van der Waals surface area contributed by atoms with Gasteiger partial charge in [0.05, 0.1) is 6.54 Å². The van der Waals surface area contributed by atoms with Crippen LogP contribution in [0.3, 0.4) is 0 Å². The quantitative estimate of drug-likeness (QED) is 0.146. The van der Waals surface area contributed by atoms with Gasteiger partial charge < -0.3 is 15.5 Å².